The zero-order chi connectivity index (χ0) is 18.3. The zero-order valence-electron chi connectivity index (χ0n) is 14.6. The maximum Gasteiger partial charge on any atom is 0.303 e. The summed E-state index contributed by atoms with van der Waals surface area (Å²) in [6, 6.07) is 16.4. The van der Waals surface area contributed by atoms with Crippen LogP contribution in [0.3, 0.4) is 0 Å². The molecule has 4 heteroatoms. The first-order chi connectivity index (χ1) is 12.5. The molecule has 0 saturated carbocycles. The van der Waals surface area contributed by atoms with Gasteiger partial charge in [-0.3, -0.25) is 9.59 Å². The van der Waals surface area contributed by atoms with Crippen molar-refractivity contribution in [1.82, 2.24) is 0 Å². The van der Waals surface area contributed by atoms with Gasteiger partial charge < -0.3 is 9.47 Å². The minimum absolute atomic E-state index is 0.410. The molecule has 130 valence electrons. The summed E-state index contributed by atoms with van der Waals surface area (Å²) in [5.74, 6) is -0.820. The molecule has 0 aromatic heterocycles. The summed E-state index contributed by atoms with van der Waals surface area (Å²) in [6.07, 6.45) is 2.46. The molecule has 1 aliphatic rings. The van der Waals surface area contributed by atoms with Crippen LogP contribution >= 0.6 is 0 Å². The average Bonchev–Trinajstić information content (AvgIpc) is 2.62. The molecule has 0 radical (unpaired) electrons. The highest BCUT2D eigenvalue weighted by Crippen LogP contribution is 2.38. The summed E-state index contributed by atoms with van der Waals surface area (Å²) in [5.41, 5.74) is 1.83. The molecule has 0 spiro atoms. The number of rotatable bonds is 2. The van der Waals surface area contributed by atoms with Crippen LogP contribution < -0.4 is 0 Å². The molecule has 3 aromatic carbocycles. The van der Waals surface area contributed by atoms with E-state index >= 15 is 0 Å². The third-order valence-corrected chi connectivity index (χ3v) is 4.65. The third-order valence-electron chi connectivity index (χ3n) is 4.65. The van der Waals surface area contributed by atoms with E-state index in [0.717, 1.165) is 21.9 Å². The first kappa shape index (κ1) is 16.3. The van der Waals surface area contributed by atoms with E-state index < -0.39 is 24.1 Å². The molecule has 0 heterocycles. The second-order valence-electron chi connectivity index (χ2n) is 6.41. The van der Waals surface area contributed by atoms with E-state index in [1.54, 1.807) is 6.08 Å². The smallest absolute Gasteiger partial charge is 0.303 e. The number of carbonyl (C=O) groups is 2. The Morgan fingerprint density at radius 3 is 2.31 bits per heavy atom. The van der Waals surface area contributed by atoms with Gasteiger partial charge in [-0.25, -0.2) is 0 Å². The van der Waals surface area contributed by atoms with Gasteiger partial charge in [-0.2, -0.15) is 0 Å². The van der Waals surface area contributed by atoms with Crippen molar-refractivity contribution in [3.8, 4) is 0 Å². The standard InChI is InChI=1S/C22H18O4/c1-13(23)25-21-12-11-19-18-8-7-15-5-3-4-6-16(15)17(18)9-10-20(19)22(21)26-14(2)24/h3-12,21-22H,1-2H3/t21-,22-/m0/s1. The number of ether oxygens (including phenoxy) is 2. The van der Waals surface area contributed by atoms with E-state index in [0.29, 0.717) is 0 Å². The molecule has 4 rings (SSSR count). The van der Waals surface area contributed by atoms with Gasteiger partial charge in [0, 0.05) is 19.4 Å². The van der Waals surface area contributed by atoms with Gasteiger partial charge >= 0.3 is 11.9 Å². The van der Waals surface area contributed by atoms with Crippen LogP contribution in [-0.4, -0.2) is 18.0 Å². The quantitative estimate of drug-likeness (QED) is 0.504. The monoisotopic (exact) mass is 346 g/mol. The van der Waals surface area contributed by atoms with E-state index in [4.69, 9.17) is 9.47 Å². The van der Waals surface area contributed by atoms with Crippen LogP contribution in [0, 0.1) is 0 Å². The molecule has 26 heavy (non-hydrogen) atoms. The van der Waals surface area contributed by atoms with Crippen molar-refractivity contribution < 1.29 is 19.1 Å². The van der Waals surface area contributed by atoms with Crippen molar-refractivity contribution >= 4 is 39.6 Å². The maximum atomic E-state index is 11.6. The molecule has 0 amide bonds. The fraction of sp³-hybridized carbons (Fsp3) is 0.182. The number of benzene rings is 3. The molecular weight excluding hydrogens is 328 g/mol. The lowest BCUT2D eigenvalue weighted by Crippen LogP contribution is -2.28. The first-order valence-electron chi connectivity index (χ1n) is 8.51. The van der Waals surface area contributed by atoms with Crippen LogP contribution in [0.15, 0.2) is 54.6 Å². The van der Waals surface area contributed by atoms with Gasteiger partial charge in [-0.05, 0) is 33.2 Å². The number of hydrogen-bond acceptors (Lipinski definition) is 4. The lowest BCUT2D eigenvalue weighted by atomic mass is 9.87. The average molecular weight is 346 g/mol. The van der Waals surface area contributed by atoms with Crippen molar-refractivity contribution in [2.24, 2.45) is 0 Å². The number of hydrogen-bond donors (Lipinski definition) is 0. The van der Waals surface area contributed by atoms with Gasteiger partial charge in [-0.1, -0.05) is 54.6 Å². The Morgan fingerprint density at radius 2 is 1.54 bits per heavy atom. The molecule has 4 nitrogen and oxygen atoms in total. The van der Waals surface area contributed by atoms with Crippen LogP contribution in [0.2, 0.25) is 0 Å². The SMILES string of the molecule is CC(=O)O[C@H]1C=Cc2c(ccc3c2ccc2ccccc23)[C@@H]1OC(C)=O. The van der Waals surface area contributed by atoms with Crippen molar-refractivity contribution in [3.05, 3.63) is 65.7 Å². The highest BCUT2D eigenvalue weighted by atomic mass is 16.6. The predicted molar refractivity (Wildman–Crippen MR) is 101 cm³/mol. The minimum atomic E-state index is -0.646. The predicted octanol–water partition coefficient (Wildman–Crippen LogP) is 4.56. The Labute approximate surface area is 151 Å². The van der Waals surface area contributed by atoms with Gasteiger partial charge in [-0.15, -0.1) is 0 Å². The molecule has 0 fully saturated rings. The van der Waals surface area contributed by atoms with Crippen LogP contribution in [0.4, 0.5) is 0 Å². The first-order valence-corrected chi connectivity index (χ1v) is 8.51. The molecule has 3 aromatic rings. The second kappa shape index (κ2) is 6.30. The molecule has 0 aliphatic heterocycles. The topological polar surface area (TPSA) is 52.6 Å². The molecule has 2 atom stereocenters. The molecule has 1 aliphatic carbocycles. The van der Waals surface area contributed by atoms with Crippen molar-refractivity contribution in [3.63, 3.8) is 0 Å². The number of esters is 2. The van der Waals surface area contributed by atoms with Gasteiger partial charge in [0.25, 0.3) is 0 Å². The van der Waals surface area contributed by atoms with Gasteiger partial charge in [0.15, 0.2) is 12.2 Å². The maximum absolute atomic E-state index is 11.6. The van der Waals surface area contributed by atoms with Crippen LogP contribution in [0.1, 0.15) is 31.1 Å². The summed E-state index contributed by atoms with van der Waals surface area (Å²) in [4.78, 5) is 23.0. The molecule has 0 N–H and O–H groups in total. The lowest BCUT2D eigenvalue weighted by molar-refractivity contribution is -0.162. The summed E-state index contributed by atoms with van der Waals surface area (Å²) in [5, 5.41) is 4.57. The number of carbonyl (C=O) groups excluding carboxylic acids is 2. The van der Waals surface area contributed by atoms with Crippen LogP contribution in [0.25, 0.3) is 27.6 Å². The second-order valence-corrected chi connectivity index (χ2v) is 6.41. The highest BCUT2D eigenvalue weighted by molar-refractivity contribution is 6.10. The third kappa shape index (κ3) is 2.73. The Kier molecular flexibility index (Phi) is 3.96. The highest BCUT2D eigenvalue weighted by Gasteiger charge is 2.32. The normalized spacial score (nSPS) is 18.5. The fourth-order valence-corrected chi connectivity index (χ4v) is 3.63. The van der Waals surface area contributed by atoms with Crippen molar-refractivity contribution in [2.45, 2.75) is 26.1 Å². The minimum Gasteiger partial charge on any atom is -0.454 e. The lowest BCUT2D eigenvalue weighted by Gasteiger charge is -2.29. The summed E-state index contributed by atoms with van der Waals surface area (Å²) in [7, 11) is 0. The van der Waals surface area contributed by atoms with E-state index in [9.17, 15) is 9.59 Å². The van der Waals surface area contributed by atoms with E-state index in [1.807, 2.05) is 30.3 Å². The van der Waals surface area contributed by atoms with E-state index in [-0.39, 0.29) is 0 Å². The summed E-state index contributed by atoms with van der Waals surface area (Å²) < 4.78 is 10.8. The van der Waals surface area contributed by atoms with Gasteiger partial charge in [0.1, 0.15) is 0 Å². The van der Waals surface area contributed by atoms with Gasteiger partial charge in [0.2, 0.25) is 0 Å². The molecular formula is C22H18O4. The van der Waals surface area contributed by atoms with Crippen LogP contribution in [-0.2, 0) is 19.1 Å². The van der Waals surface area contributed by atoms with E-state index in [1.165, 1.54) is 24.6 Å². The van der Waals surface area contributed by atoms with Crippen molar-refractivity contribution in [1.29, 1.82) is 0 Å². The Hall–Kier alpha value is -3.14. The Balaban J connectivity index is 1.92. The molecule has 0 saturated heterocycles. The van der Waals surface area contributed by atoms with Crippen molar-refractivity contribution in [2.75, 3.05) is 0 Å². The summed E-state index contributed by atoms with van der Waals surface area (Å²) in [6.45, 7) is 2.71. The molecule has 0 unspecified atom stereocenters. The summed E-state index contributed by atoms with van der Waals surface area (Å²) >= 11 is 0. The van der Waals surface area contributed by atoms with E-state index in [2.05, 4.69) is 24.3 Å². The number of fused-ring (bicyclic) bond motifs is 5. The zero-order valence-corrected chi connectivity index (χ0v) is 14.6. The molecule has 0 bridgehead atoms. The van der Waals surface area contributed by atoms with Crippen LogP contribution in [0.5, 0.6) is 0 Å². The fourth-order valence-electron chi connectivity index (χ4n) is 3.63. The largest absolute Gasteiger partial charge is 0.454 e. The Bertz CT molecular complexity index is 1060. The van der Waals surface area contributed by atoms with Gasteiger partial charge in [0.05, 0.1) is 0 Å². The Morgan fingerprint density at radius 1 is 0.808 bits per heavy atom.